The summed E-state index contributed by atoms with van der Waals surface area (Å²) >= 11 is 0. The molecule has 2 aromatic rings. The average molecular weight is 179 g/mol. The van der Waals surface area contributed by atoms with Crippen LogP contribution in [0, 0.1) is 5.82 Å². The summed E-state index contributed by atoms with van der Waals surface area (Å²) in [5, 5.41) is 3.62. The van der Waals surface area contributed by atoms with Gasteiger partial charge in [0.1, 0.15) is 11.5 Å². The highest BCUT2D eigenvalue weighted by molar-refractivity contribution is 5.59. The van der Waals surface area contributed by atoms with Gasteiger partial charge < -0.3 is 10.3 Å². The van der Waals surface area contributed by atoms with Crippen LogP contribution in [-0.4, -0.2) is 10.1 Å². The fourth-order valence-electron chi connectivity index (χ4n) is 0.977. The molecule has 0 radical (unpaired) electrons. The van der Waals surface area contributed by atoms with E-state index in [1.807, 2.05) is 0 Å². The summed E-state index contributed by atoms with van der Waals surface area (Å²) < 4.78 is 17.3. The highest BCUT2D eigenvalue weighted by Crippen LogP contribution is 2.19. The average Bonchev–Trinajstić information content (AvgIpc) is 2.52. The number of rotatable bonds is 1. The van der Waals surface area contributed by atoms with Crippen LogP contribution in [0.25, 0.3) is 11.3 Å². The Morgan fingerprint density at radius 1 is 1.31 bits per heavy atom. The monoisotopic (exact) mass is 179 g/mol. The molecule has 2 rings (SSSR count). The summed E-state index contributed by atoms with van der Waals surface area (Å²) in [5.74, 6) is -0.224. The van der Waals surface area contributed by atoms with Gasteiger partial charge >= 0.3 is 0 Å². The molecule has 2 N–H and O–H groups in total. The first-order chi connectivity index (χ1) is 6.25. The summed E-state index contributed by atoms with van der Waals surface area (Å²) in [6.45, 7) is 0. The first-order valence-corrected chi connectivity index (χ1v) is 3.59. The lowest BCUT2D eigenvalue weighted by molar-refractivity contribution is 0.439. The zero-order valence-corrected chi connectivity index (χ0v) is 6.57. The molecule has 0 fully saturated rings. The Kier molecular flexibility index (Phi) is 1.70. The molecule has 0 aromatic carbocycles. The summed E-state index contributed by atoms with van der Waals surface area (Å²) in [5.41, 5.74) is 6.33. The zero-order chi connectivity index (χ0) is 9.26. The van der Waals surface area contributed by atoms with Crippen LogP contribution in [0.4, 0.5) is 10.3 Å². The van der Waals surface area contributed by atoms with Crippen molar-refractivity contribution in [3.8, 4) is 11.3 Å². The predicted octanol–water partition coefficient (Wildman–Crippen LogP) is 1.46. The number of anilines is 1. The van der Waals surface area contributed by atoms with Gasteiger partial charge in [0.25, 0.3) is 0 Å². The van der Waals surface area contributed by atoms with Crippen molar-refractivity contribution in [1.82, 2.24) is 10.1 Å². The van der Waals surface area contributed by atoms with Crippen molar-refractivity contribution in [3.63, 3.8) is 0 Å². The van der Waals surface area contributed by atoms with Crippen molar-refractivity contribution in [1.29, 1.82) is 0 Å². The third-order valence-electron chi connectivity index (χ3n) is 1.53. The molecule has 0 saturated carbocycles. The maximum atomic E-state index is 12.7. The van der Waals surface area contributed by atoms with Crippen molar-refractivity contribution >= 4 is 5.88 Å². The Hall–Kier alpha value is -1.91. The van der Waals surface area contributed by atoms with Crippen molar-refractivity contribution < 1.29 is 8.91 Å². The predicted molar refractivity (Wildman–Crippen MR) is 44.1 cm³/mol. The van der Waals surface area contributed by atoms with Gasteiger partial charge in [0.05, 0.1) is 6.20 Å². The van der Waals surface area contributed by atoms with E-state index < -0.39 is 5.82 Å². The second-order valence-corrected chi connectivity index (χ2v) is 2.51. The number of aromatic nitrogens is 2. The number of halogens is 1. The van der Waals surface area contributed by atoms with Gasteiger partial charge in [-0.15, -0.1) is 0 Å². The van der Waals surface area contributed by atoms with Crippen LogP contribution in [0.3, 0.4) is 0 Å². The van der Waals surface area contributed by atoms with E-state index in [0.717, 1.165) is 6.20 Å². The number of nitrogen functional groups attached to an aromatic ring is 1. The van der Waals surface area contributed by atoms with E-state index in [1.54, 1.807) is 0 Å². The Labute approximate surface area is 73.2 Å². The van der Waals surface area contributed by atoms with Gasteiger partial charge in [-0.25, -0.2) is 4.39 Å². The second-order valence-electron chi connectivity index (χ2n) is 2.51. The SMILES string of the molecule is Nc1cc(-c2cncc(F)c2)no1. The molecule has 0 saturated heterocycles. The lowest BCUT2D eigenvalue weighted by atomic mass is 10.2. The lowest BCUT2D eigenvalue weighted by Gasteiger charge is -1.92. The molecule has 4 nitrogen and oxygen atoms in total. The van der Waals surface area contributed by atoms with E-state index >= 15 is 0 Å². The van der Waals surface area contributed by atoms with Gasteiger partial charge in [0, 0.05) is 17.8 Å². The van der Waals surface area contributed by atoms with Crippen molar-refractivity contribution in [2.24, 2.45) is 0 Å². The molecule has 0 atom stereocenters. The van der Waals surface area contributed by atoms with Gasteiger partial charge in [0.15, 0.2) is 0 Å². The van der Waals surface area contributed by atoms with E-state index in [2.05, 4.69) is 14.7 Å². The van der Waals surface area contributed by atoms with Gasteiger partial charge in [0.2, 0.25) is 5.88 Å². The molecule has 0 unspecified atom stereocenters. The summed E-state index contributed by atoms with van der Waals surface area (Å²) in [6.07, 6.45) is 2.60. The third kappa shape index (κ3) is 1.48. The molecule has 0 aliphatic heterocycles. The van der Waals surface area contributed by atoms with Gasteiger partial charge in [-0.3, -0.25) is 4.98 Å². The van der Waals surface area contributed by atoms with Gasteiger partial charge in [-0.2, -0.15) is 0 Å². The van der Waals surface area contributed by atoms with E-state index in [4.69, 9.17) is 5.73 Å². The maximum Gasteiger partial charge on any atom is 0.222 e. The highest BCUT2D eigenvalue weighted by atomic mass is 19.1. The molecular formula is C8H6FN3O. The molecular weight excluding hydrogens is 173 g/mol. The van der Waals surface area contributed by atoms with Crippen molar-refractivity contribution in [3.05, 3.63) is 30.3 Å². The Morgan fingerprint density at radius 2 is 2.15 bits per heavy atom. The lowest BCUT2D eigenvalue weighted by Crippen LogP contribution is -1.82. The number of hydrogen-bond acceptors (Lipinski definition) is 4. The van der Waals surface area contributed by atoms with Crippen LogP contribution in [0.15, 0.2) is 29.0 Å². The summed E-state index contributed by atoms with van der Waals surface area (Å²) in [4.78, 5) is 3.67. The molecule has 66 valence electrons. The van der Waals surface area contributed by atoms with Crippen molar-refractivity contribution in [2.45, 2.75) is 0 Å². The smallest absolute Gasteiger partial charge is 0.222 e. The molecule has 5 heteroatoms. The number of nitrogens with zero attached hydrogens (tertiary/aromatic N) is 2. The molecule has 13 heavy (non-hydrogen) atoms. The topological polar surface area (TPSA) is 64.9 Å². The molecule has 2 heterocycles. The molecule has 0 aliphatic carbocycles. The van der Waals surface area contributed by atoms with Gasteiger partial charge in [-0.1, -0.05) is 5.16 Å². The van der Waals surface area contributed by atoms with Crippen LogP contribution < -0.4 is 5.73 Å². The third-order valence-corrected chi connectivity index (χ3v) is 1.53. The van der Waals surface area contributed by atoms with Crippen LogP contribution in [-0.2, 0) is 0 Å². The highest BCUT2D eigenvalue weighted by Gasteiger charge is 2.04. The first kappa shape index (κ1) is 7.72. The normalized spacial score (nSPS) is 10.2. The first-order valence-electron chi connectivity index (χ1n) is 3.59. The summed E-state index contributed by atoms with van der Waals surface area (Å²) in [7, 11) is 0. The molecule has 0 aliphatic rings. The molecule has 2 aromatic heterocycles. The number of pyridine rings is 1. The quantitative estimate of drug-likeness (QED) is 0.719. The molecule has 0 amide bonds. The fourth-order valence-corrected chi connectivity index (χ4v) is 0.977. The minimum Gasteiger partial charge on any atom is -0.368 e. The van der Waals surface area contributed by atoms with Crippen LogP contribution in [0.5, 0.6) is 0 Å². The van der Waals surface area contributed by atoms with E-state index in [1.165, 1.54) is 18.3 Å². The molecule has 0 bridgehead atoms. The summed E-state index contributed by atoms with van der Waals surface area (Å²) in [6, 6.07) is 2.82. The van der Waals surface area contributed by atoms with Crippen LogP contribution >= 0.6 is 0 Å². The number of nitrogens with two attached hydrogens (primary N) is 1. The van der Waals surface area contributed by atoms with E-state index in [9.17, 15) is 4.39 Å². The number of hydrogen-bond donors (Lipinski definition) is 1. The minimum absolute atomic E-state index is 0.194. The Morgan fingerprint density at radius 3 is 2.77 bits per heavy atom. The Bertz CT molecular complexity index is 427. The van der Waals surface area contributed by atoms with E-state index in [0.29, 0.717) is 11.3 Å². The largest absolute Gasteiger partial charge is 0.368 e. The standard InChI is InChI=1S/C8H6FN3O/c9-6-1-5(3-11-4-6)7-2-8(10)13-12-7/h1-4H,10H2. The second kappa shape index (κ2) is 2.85. The Balaban J connectivity index is 2.46. The zero-order valence-electron chi connectivity index (χ0n) is 6.57. The van der Waals surface area contributed by atoms with Crippen LogP contribution in [0.1, 0.15) is 0 Å². The van der Waals surface area contributed by atoms with Crippen molar-refractivity contribution in [2.75, 3.05) is 5.73 Å². The minimum atomic E-state index is -0.418. The molecule has 0 spiro atoms. The van der Waals surface area contributed by atoms with Gasteiger partial charge in [-0.05, 0) is 6.07 Å². The van der Waals surface area contributed by atoms with Crippen LogP contribution in [0.2, 0.25) is 0 Å². The maximum absolute atomic E-state index is 12.7. The fraction of sp³-hybridized carbons (Fsp3) is 0. The van der Waals surface area contributed by atoms with E-state index in [-0.39, 0.29) is 5.88 Å².